The zero-order valence-corrected chi connectivity index (χ0v) is 15.8. The predicted molar refractivity (Wildman–Crippen MR) is 100 cm³/mol. The molecule has 3 N–H and O–H groups in total. The molecule has 0 bridgehead atoms. The van der Waals surface area contributed by atoms with Gasteiger partial charge in [0.05, 0.1) is 12.2 Å². The van der Waals surface area contributed by atoms with Crippen LogP contribution in [0.25, 0.3) is 0 Å². The van der Waals surface area contributed by atoms with Crippen molar-refractivity contribution in [1.82, 2.24) is 20.9 Å². The molecule has 120 valence electrons. The Balaban J connectivity index is 0.00000400. The molecule has 5 nitrogen and oxygen atoms in total. The average Bonchev–Trinajstić information content (AvgIpc) is 2.41. The minimum Gasteiger partial charge on any atom is -0.357 e. The van der Waals surface area contributed by atoms with E-state index in [1.54, 1.807) is 6.20 Å². The van der Waals surface area contributed by atoms with E-state index in [2.05, 4.69) is 53.6 Å². The van der Waals surface area contributed by atoms with Gasteiger partial charge in [0, 0.05) is 31.4 Å². The minimum absolute atomic E-state index is 0. The Morgan fingerprint density at radius 3 is 2.52 bits per heavy atom. The monoisotopic (exact) mass is 405 g/mol. The lowest BCUT2D eigenvalue weighted by Gasteiger charge is -2.21. The molecule has 0 amide bonds. The van der Waals surface area contributed by atoms with Crippen LogP contribution in [0.4, 0.5) is 0 Å². The number of hydrogen-bond acceptors (Lipinski definition) is 3. The Morgan fingerprint density at radius 2 is 1.95 bits per heavy atom. The lowest BCUT2D eigenvalue weighted by Crippen LogP contribution is -2.44. The number of halogens is 1. The molecule has 0 atom stereocenters. The van der Waals surface area contributed by atoms with Crippen LogP contribution in [0, 0.1) is 0 Å². The number of aromatic nitrogens is 1. The van der Waals surface area contributed by atoms with Gasteiger partial charge >= 0.3 is 0 Å². The second-order valence-electron chi connectivity index (χ2n) is 5.62. The Morgan fingerprint density at radius 1 is 1.19 bits per heavy atom. The minimum atomic E-state index is 0. The van der Waals surface area contributed by atoms with E-state index in [1.807, 2.05) is 18.2 Å². The highest BCUT2D eigenvalue weighted by Gasteiger charge is 2.07. The molecule has 1 aromatic rings. The maximum Gasteiger partial charge on any atom is 0.191 e. The van der Waals surface area contributed by atoms with Crippen LogP contribution < -0.4 is 16.0 Å². The van der Waals surface area contributed by atoms with E-state index in [0.717, 1.165) is 31.3 Å². The number of nitrogens with one attached hydrogen (secondary N) is 3. The molecular formula is C15H28IN5. The highest BCUT2D eigenvalue weighted by atomic mass is 127. The van der Waals surface area contributed by atoms with Crippen molar-refractivity contribution in [3.8, 4) is 0 Å². The second kappa shape index (κ2) is 10.8. The van der Waals surface area contributed by atoms with Gasteiger partial charge in [-0.1, -0.05) is 6.07 Å². The number of pyridine rings is 1. The number of rotatable bonds is 6. The third-order valence-corrected chi connectivity index (χ3v) is 2.54. The molecule has 0 aliphatic carbocycles. The number of nitrogens with zero attached hydrogens (tertiary/aromatic N) is 2. The van der Waals surface area contributed by atoms with Crippen LogP contribution in [-0.2, 0) is 6.54 Å². The molecule has 21 heavy (non-hydrogen) atoms. The van der Waals surface area contributed by atoms with Gasteiger partial charge in [0.1, 0.15) is 0 Å². The van der Waals surface area contributed by atoms with E-state index < -0.39 is 0 Å². The van der Waals surface area contributed by atoms with E-state index >= 15 is 0 Å². The second-order valence-corrected chi connectivity index (χ2v) is 5.62. The summed E-state index contributed by atoms with van der Waals surface area (Å²) in [7, 11) is 0. The lowest BCUT2D eigenvalue weighted by molar-refractivity contribution is 0.428. The van der Waals surface area contributed by atoms with Gasteiger partial charge in [0.15, 0.2) is 5.96 Å². The summed E-state index contributed by atoms with van der Waals surface area (Å²) in [6.07, 6.45) is 1.79. The first-order valence-electron chi connectivity index (χ1n) is 7.18. The smallest absolute Gasteiger partial charge is 0.191 e. The van der Waals surface area contributed by atoms with E-state index in [0.29, 0.717) is 6.54 Å². The van der Waals surface area contributed by atoms with E-state index in [-0.39, 0.29) is 29.5 Å². The molecule has 0 radical (unpaired) electrons. The topological polar surface area (TPSA) is 61.3 Å². The molecule has 0 aliphatic heterocycles. The third kappa shape index (κ3) is 10.5. The quantitative estimate of drug-likeness (QED) is 0.294. The zero-order chi connectivity index (χ0) is 14.8. The Kier molecular flexibility index (Phi) is 10.3. The highest BCUT2D eigenvalue weighted by molar-refractivity contribution is 14.0. The fourth-order valence-corrected chi connectivity index (χ4v) is 1.61. The van der Waals surface area contributed by atoms with Gasteiger partial charge in [-0.2, -0.15) is 0 Å². The van der Waals surface area contributed by atoms with Gasteiger partial charge in [-0.3, -0.25) is 4.98 Å². The maximum atomic E-state index is 4.52. The van der Waals surface area contributed by atoms with Crippen LogP contribution >= 0.6 is 24.0 Å². The molecule has 0 aliphatic rings. The zero-order valence-electron chi connectivity index (χ0n) is 13.4. The summed E-state index contributed by atoms with van der Waals surface area (Å²) in [5.74, 6) is 0.828. The van der Waals surface area contributed by atoms with Crippen molar-refractivity contribution in [3.63, 3.8) is 0 Å². The van der Waals surface area contributed by atoms with Crippen LogP contribution in [0.1, 0.15) is 33.4 Å². The van der Waals surface area contributed by atoms with Crippen LogP contribution in [-0.4, -0.2) is 36.1 Å². The first kappa shape index (κ1) is 20.1. The van der Waals surface area contributed by atoms with Crippen molar-refractivity contribution in [1.29, 1.82) is 0 Å². The summed E-state index contributed by atoms with van der Waals surface area (Å²) in [6, 6.07) is 5.87. The standard InChI is InChI=1S/C15H27N5.HI/c1-5-16-14(18-10-11-20-15(2,3)4)19-12-13-8-6-7-9-17-13;/h6-9,20H,5,10-12H2,1-4H3,(H2,16,18,19);1H. The van der Waals surface area contributed by atoms with Crippen molar-refractivity contribution in [2.75, 3.05) is 19.6 Å². The Hall–Kier alpha value is -0.890. The van der Waals surface area contributed by atoms with Crippen LogP contribution in [0.5, 0.6) is 0 Å². The van der Waals surface area contributed by atoms with E-state index in [1.165, 1.54) is 0 Å². The Bertz CT molecular complexity index is 400. The molecule has 1 rings (SSSR count). The SMILES string of the molecule is CCNC(=NCc1ccccn1)NCCNC(C)(C)C.I. The lowest BCUT2D eigenvalue weighted by atomic mass is 10.1. The molecule has 0 unspecified atom stereocenters. The Labute approximate surface area is 145 Å². The average molecular weight is 405 g/mol. The van der Waals surface area contributed by atoms with Crippen molar-refractivity contribution in [3.05, 3.63) is 30.1 Å². The molecule has 0 aromatic carbocycles. The van der Waals surface area contributed by atoms with E-state index in [9.17, 15) is 0 Å². The predicted octanol–water partition coefficient (Wildman–Crippen LogP) is 2.14. The van der Waals surface area contributed by atoms with Gasteiger partial charge in [-0.25, -0.2) is 4.99 Å². The highest BCUT2D eigenvalue weighted by Crippen LogP contribution is 1.97. The summed E-state index contributed by atoms with van der Waals surface area (Å²) in [6.45, 7) is 11.7. The van der Waals surface area contributed by atoms with Crippen molar-refractivity contribution >= 4 is 29.9 Å². The number of aliphatic imine (C=N–C) groups is 1. The molecule has 0 spiro atoms. The fourth-order valence-electron chi connectivity index (χ4n) is 1.61. The molecule has 1 heterocycles. The van der Waals surface area contributed by atoms with Gasteiger partial charge in [0.2, 0.25) is 0 Å². The number of hydrogen-bond donors (Lipinski definition) is 3. The van der Waals surface area contributed by atoms with Crippen LogP contribution in [0.3, 0.4) is 0 Å². The summed E-state index contributed by atoms with van der Waals surface area (Å²) < 4.78 is 0. The summed E-state index contributed by atoms with van der Waals surface area (Å²) in [4.78, 5) is 8.79. The molecule has 0 saturated heterocycles. The van der Waals surface area contributed by atoms with Gasteiger partial charge < -0.3 is 16.0 Å². The normalized spacial score (nSPS) is 11.7. The molecule has 6 heteroatoms. The summed E-state index contributed by atoms with van der Waals surface area (Å²) in [5, 5.41) is 9.98. The summed E-state index contributed by atoms with van der Waals surface area (Å²) in [5.41, 5.74) is 1.11. The van der Waals surface area contributed by atoms with Gasteiger partial charge in [-0.15, -0.1) is 24.0 Å². The number of guanidine groups is 1. The summed E-state index contributed by atoms with van der Waals surface area (Å²) >= 11 is 0. The first-order valence-corrected chi connectivity index (χ1v) is 7.18. The van der Waals surface area contributed by atoms with Gasteiger partial charge in [-0.05, 0) is 39.8 Å². The fraction of sp³-hybridized carbons (Fsp3) is 0.600. The largest absolute Gasteiger partial charge is 0.357 e. The molecule has 0 saturated carbocycles. The molecule has 1 aromatic heterocycles. The van der Waals surface area contributed by atoms with E-state index in [4.69, 9.17) is 0 Å². The van der Waals surface area contributed by atoms with Crippen LogP contribution in [0.2, 0.25) is 0 Å². The maximum absolute atomic E-state index is 4.52. The third-order valence-electron chi connectivity index (χ3n) is 2.54. The molecule has 0 fully saturated rings. The molecular weight excluding hydrogens is 377 g/mol. The van der Waals surface area contributed by atoms with Crippen LogP contribution in [0.15, 0.2) is 29.4 Å². The first-order chi connectivity index (χ1) is 9.51. The van der Waals surface area contributed by atoms with Crippen molar-refractivity contribution < 1.29 is 0 Å². The van der Waals surface area contributed by atoms with Crippen molar-refractivity contribution in [2.45, 2.75) is 39.8 Å². The van der Waals surface area contributed by atoms with Crippen molar-refractivity contribution in [2.24, 2.45) is 4.99 Å². The van der Waals surface area contributed by atoms with Gasteiger partial charge in [0.25, 0.3) is 0 Å².